The molecule has 0 amide bonds. The van der Waals surface area contributed by atoms with Crippen molar-refractivity contribution in [1.29, 1.82) is 0 Å². The molecule has 1 N–H and O–H groups in total. The van der Waals surface area contributed by atoms with Crippen LogP contribution in [0.25, 0.3) is 0 Å². The molecule has 3 rings (SSSR count). The number of hydrogen-bond acceptors (Lipinski definition) is 5. The molecule has 0 aliphatic carbocycles. The molecule has 1 atom stereocenters. The van der Waals surface area contributed by atoms with Crippen LogP contribution < -0.4 is 0 Å². The monoisotopic (exact) mass is 273 g/mol. The second-order valence-corrected chi connectivity index (χ2v) is 5.19. The van der Waals surface area contributed by atoms with Crippen molar-refractivity contribution in [2.24, 2.45) is 0 Å². The summed E-state index contributed by atoms with van der Waals surface area (Å²) in [5.41, 5.74) is 1.18. The molecule has 1 aliphatic heterocycles. The minimum Gasteiger partial charge on any atom is -0.395 e. The van der Waals surface area contributed by atoms with Crippen LogP contribution in [0, 0.1) is 0 Å². The maximum Gasteiger partial charge on any atom is 0.165 e. The van der Waals surface area contributed by atoms with E-state index in [-0.39, 0.29) is 12.6 Å². The van der Waals surface area contributed by atoms with Crippen LogP contribution in [0.1, 0.15) is 24.2 Å². The van der Waals surface area contributed by atoms with E-state index in [0.717, 1.165) is 25.2 Å². The predicted molar refractivity (Wildman–Crippen MR) is 73.9 cm³/mol. The highest BCUT2D eigenvalue weighted by Crippen LogP contribution is 2.18. The van der Waals surface area contributed by atoms with Gasteiger partial charge >= 0.3 is 0 Å². The second kappa shape index (κ2) is 6.11. The molecule has 2 heterocycles. The summed E-state index contributed by atoms with van der Waals surface area (Å²) in [5.74, 6) is 0.856. The number of rotatable bonds is 5. The van der Waals surface area contributed by atoms with E-state index in [4.69, 9.17) is 0 Å². The zero-order valence-corrected chi connectivity index (χ0v) is 11.4. The Labute approximate surface area is 118 Å². The fraction of sp³-hybridized carbons (Fsp3) is 0.500. The molecular weight excluding hydrogens is 254 g/mol. The van der Waals surface area contributed by atoms with Crippen LogP contribution in [-0.2, 0) is 13.1 Å². The number of hydrogen-bond donors (Lipinski definition) is 1. The molecule has 1 aromatic heterocycles. The van der Waals surface area contributed by atoms with Gasteiger partial charge in [0.05, 0.1) is 19.7 Å². The van der Waals surface area contributed by atoms with Crippen molar-refractivity contribution < 1.29 is 5.11 Å². The number of tetrazole rings is 1. The van der Waals surface area contributed by atoms with Gasteiger partial charge in [-0.2, -0.15) is 0 Å². The third kappa shape index (κ3) is 2.86. The average molecular weight is 273 g/mol. The minimum absolute atomic E-state index is 0.209. The Kier molecular flexibility index (Phi) is 4.03. The van der Waals surface area contributed by atoms with Crippen LogP contribution in [0.3, 0.4) is 0 Å². The number of likely N-dealkylation sites (tertiary alicyclic amines) is 1. The van der Waals surface area contributed by atoms with Gasteiger partial charge in [0.1, 0.15) is 0 Å². The Morgan fingerprint density at radius 2 is 2.05 bits per heavy atom. The van der Waals surface area contributed by atoms with Crippen LogP contribution in [0.2, 0.25) is 0 Å². The molecule has 1 saturated heterocycles. The average Bonchev–Trinajstić information content (AvgIpc) is 3.10. The van der Waals surface area contributed by atoms with E-state index in [1.54, 1.807) is 0 Å². The standard InChI is InChI=1S/C14H19N5O/c20-11-13-7-4-8-18(13)10-14-15-16-17-19(14)9-12-5-2-1-3-6-12/h1-3,5-6,13,20H,4,7-11H2/t13-/m1/s1. The van der Waals surface area contributed by atoms with Crippen LogP contribution >= 0.6 is 0 Å². The van der Waals surface area contributed by atoms with Gasteiger partial charge in [-0.05, 0) is 35.4 Å². The number of nitrogens with zero attached hydrogens (tertiary/aromatic N) is 5. The van der Waals surface area contributed by atoms with Crippen LogP contribution in [0.5, 0.6) is 0 Å². The number of aliphatic hydroxyl groups is 1. The summed E-state index contributed by atoms with van der Waals surface area (Å²) in [7, 11) is 0. The first-order chi connectivity index (χ1) is 9.86. The van der Waals surface area contributed by atoms with Crippen LogP contribution in [0.4, 0.5) is 0 Å². The normalized spacial score (nSPS) is 19.6. The lowest BCUT2D eigenvalue weighted by Gasteiger charge is -2.21. The molecule has 6 nitrogen and oxygen atoms in total. The molecule has 0 unspecified atom stereocenters. The van der Waals surface area contributed by atoms with Gasteiger partial charge in [-0.3, -0.25) is 4.90 Å². The fourth-order valence-corrected chi connectivity index (χ4v) is 2.71. The van der Waals surface area contributed by atoms with Gasteiger partial charge in [-0.1, -0.05) is 30.3 Å². The maximum atomic E-state index is 9.37. The zero-order chi connectivity index (χ0) is 13.8. The molecule has 1 aliphatic rings. The highest BCUT2D eigenvalue weighted by atomic mass is 16.3. The van der Waals surface area contributed by atoms with Crippen molar-refractivity contribution >= 4 is 0 Å². The van der Waals surface area contributed by atoms with Crippen LogP contribution in [-0.4, -0.2) is 49.4 Å². The first-order valence-electron chi connectivity index (χ1n) is 7.00. The lowest BCUT2D eigenvalue weighted by molar-refractivity contribution is 0.149. The van der Waals surface area contributed by atoms with E-state index in [0.29, 0.717) is 13.1 Å². The zero-order valence-electron chi connectivity index (χ0n) is 11.4. The Morgan fingerprint density at radius 1 is 1.20 bits per heavy atom. The number of aliphatic hydroxyl groups excluding tert-OH is 1. The van der Waals surface area contributed by atoms with E-state index in [2.05, 4.69) is 32.6 Å². The maximum absolute atomic E-state index is 9.37. The van der Waals surface area contributed by atoms with Gasteiger partial charge in [0.15, 0.2) is 5.82 Å². The van der Waals surface area contributed by atoms with Crippen molar-refractivity contribution in [3.05, 3.63) is 41.7 Å². The molecule has 0 radical (unpaired) electrons. The quantitative estimate of drug-likeness (QED) is 0.867. The van der Waals surface area contributed by atoms with Gasteiger partial charge in [-0.25, -0.2) is 4.68 Å². The molecule has 1 fully saturated rings. The van der Waals surface area contributed by atoms with Crippen LogP contribution in [0.15, 0.2) is 30.3 Å². The smallest absolute Gasteiger partial charge is 0.165 e. The van der Waals surface area contributed by atoms with E-state index in [9.17, 15) is 5.11 Å². The summed E-state index contributed by atoms with van der Waals surface area (Å²) in [5, 5.41) is 21.3. The summed E-state index contributed by atoms with van der Waals surface area (Å²) < 4.78 is 1.84. The summed E-state index contributed by atoms with van der Waals surface area (Å²) in [4.78, 5) is 2.26. The number of aromatic nitrogens is 4. The molecular formula is C14H19N5O. The van der Waals surface area contributed by atoms with Gasteiger partial charge < -0.3 is 5.11 Å². The Morgan fingerprint density at radius 3 is 2.85 bits per heavy atom. The third-order valence-corrected chi connectivity index (χ3v) is 3.84. The van der Waals surface area contributed by atoms with Crippen molar-refractivity contribution in [2.45, 2.75) is 32.0 Å². The summed E-state index contributed by atoms with van der Waals surface area (Å²) in [6.07, 6.45) is 2.18. The molecule has 0 saturated carbocycles. The molecule has 1 aromatic carbocycles. The van der Waals surface area contributed by atoms with E-state index in [1.807, 2.05) is 22.9 Å². The molecule has 2 aromatic rings. The van der Waals surface area contributed by atoms with Crippen molar-refractivity contribution in [1.82, 2.24) is 25.1 Å². The summed E-state index contributed by atoms with van der Waals surface area (Å²) in [6, 6.07) is 10.4. The van der Waals surface area contributed by atoms with Crippen molar-refractivity contribution in [3.8, 4) is 0 Å². The second-order valence-electron chi connectivity index (χ2n) is 5.19. The molecule has 0 bridgehead atoms. The van der Waals surface area contributed by atoms with E-state index >= 15 is 0 Å². The Hall–Kier alpha value is -1.79. The van der Waals surface area contributed by atoms with Crippen molar-refractivity contribution in [3.63, 3.8) is 0 Å². The summed E-state index contributed by atoms with van der Waals surface area (Å²) in [6.45, 7) is 2.59. The lowest BCUT2D eigenvalue weighted by atomic mass is 10.2. The molecule has 0 spiro atoms. The van der Waals surface area contributed by atoms with E-state index in [1.165, 1.54) is 5.56 Å². The molecule has 20 heavy (non-hydrogen) atoms. The highest BCUT2D eigenvalue weighted by molar-refractivity contribution is 5.14. The Bertz CT molecular complexity index is 542. The SMILES string of the molecule is OC[C@H]1CCCN1Cc1nnnn1Cc1ccccc1. The van der Waals surface area contributed by atoms with Gasteiger partial charge in [0, 0.05) is 6.04 Å². The van der Waals surface area contributed by atoms with E-state index < -0.39 is 0 Å². The topological polar surface area (TPSA) is 67.1 Å². The Balaban J connectivity index is 1.70. The summed E-state index contributed by atoms with van der Waals surface area (Å²) >= 11 is 0. The van der Waals surface area contributed by atoms with Crippen molar-refractivity contribution in [2.75, 3.05) is 13.2 Å². The fourth-order valence-electron chi connectivity index (χ4n) is 2.71. The van der Waals surface area contributed by atoms with Gasteiger partial charge in [-0.15, -0.1) is 5.10 Å². The largest absolute Gasteiger partial charge is 0.395 e. The first-order valence-corrected chi connectivity index (χ1v) is 7.00. The highest BCUT2D eigenvalue weighted by Gasteiger charge is 2.25. The van der Waals surface area contributed by atoms with Gasteiger partial charge in [0.2, 0.25) is 0 Å². The molecule has 106 valence electrons. The molecule has 6 heteroatoms. The van der Waals surface area contributed by atoms with Gasteiger partial charge in [0.25, 0.3) is 0 Å². The lowest BCUT2D eigenvalue weighted by Crippen LogP contribution is -2.32. The minimum atomic E-state index is 0.209. The third-order valence-electron chi connectivity index (χ3n) is 3.84. The first kappa shape index (κ1) is 13.2. The number of benzene rings is 1. The predicted octanol–water partition coefficient (Wildman–Crippen LogP) is 0.678.